The van der Waals surface area contributed by atoms with Gasteiger partial charge in [-0.1, -0.05) is 18.2 Å². The van der Waals surface area contributed by atoms with Gasteiger partial charge in [-0.2, -0.15) is 4.31 Å². The highest BCUT2D eigenvalue weighted by molar-refractivity contribution is 7.89. The zero-order valence-electron chi connectivity index (χ0n) is 17.9. The van der Waals surface area contributed by atoms with Crippen molar-refractivity contribution in [3.63, 3.8) is 0 Å². The molecule has 4 fully saturated rings. The number of benzene rings is 1. The fourth-order valence-electron chi connectivity index (χ4n) is 6.64. The van der Waals surface area contributed by atoms with Crippen molar-refractivity contribution in [1.29, 1.82) is 0 Å². The molecule has 4 aliphatic carbocycles. The number of carbonyl (C=O) groups excluding carboxylic acids is 1. The summed E-state index contributed by atoms with van der Waals surface area (Å²) in [5, 5.41) is 11.0. The lowest BCUT2D eigenvalue weighted by atomic mass is 9.46. The minimum absolute atomic E-state index is 0.0530. The van der Waals surface area contributed by atoms with Crippen LogP contribution in [-0.4, -0.2) is 41.8 Å². The first kappa shape index (κ1) is 21.0. The smallest absolute Gasteiger partial charge is 0.243 e. The van der Waals surface area contributed by atoms with Gasteiger partial charge in [-0.25, -0.2) is 8.42 Å². The molecule has 0 heterocycles. The second-order valence-electron chi connectivity index (χ2n) is 10.6. The van der Waals surface area contributed by atoms with Crippen LogP contribution in [0.5, 0.6) is 0 Å². The van der Waals surface area contributed by atoms with Gasteiger partial charge in [0.15, 0.2) is 5.78 Å². The summed E-state index contributed by atoms with van der Waals surface area (Å²) in [4.78, 5) is 13.7. The normalized spacial score (nSPS) is 34.0. The van der Waals surface area contributed by atoms with Crippen molar-refractivity contribution in [1.82, 2.24) is 4.31 Å². The molecular formula is C23H33NO4S. The molecule has 0 aliphatic heterocycles. The molecule has 5 rings (SSSR count). The SMILES string of the molecule is Cc1ccccc1S(=O)(=O)N(C)C(C)(C)C(=O)CC12CC3CC(CC(O)(C3)C1)C2. The lowest BCUT2D eigenvalue weighted by Crippen LogP contribution is -2.58. The molecule has 160 valence electrons. The third-order valence-electron chi connectivity index (χ3n) is 7.89. The van der Waals surface area contributed by atoms with Crippen LogP contribution in [-0.2, 0) is 14.8 Å². The zero-order valence-corrected chi connectivity index (χ0v) is 18.8. The van der Waals surface area contributed by atoms with Crippen LogP contribution in [0.15, 0.2) is 29.2 Å². The van der Waals surface area contributed by atoms with E-state index in [0.29, 0.717) is 30.2 Å². The second-order valence-corrected chi connectivity index (χ2v) is 12.5. The molecule has 1 N–H and O–H groups in total. The Kier molecular flexibility index (Phi) is 4.80. The Bertz CT molecular complexity index is 922. The maximum atomic E-state index is 13.5. The van der Waals surface area contributed by atoms with E-state index < -0.39 is 21.2 Å². The summed E-state index contributed by atoms with van der Waals surface area (Å²) in [5.74, 6) is 0.957. The molecule has 0 saturated heterocycles. The fraction of sp³-hybridized carbons (Fsp3) is 0.696. The second kappa shape index (κ2) is 6.63. The van der Waals surface area contributed by atoms with Gasteiger partial charge in [0, 0.05) is 13.5 Å². The van der Waals surface area contributed by atoms with E-state index in [1.807, 2.05) is 6.07 Å². The number of ketones is 1. The van der Waals surface area contributed by atoms with Gasteiger partial charge in [-0.05, 0) is 88.2 Å². The van der Waals surface area contributed by atoms with Crippen LogP contribution in [0.4, 0.5) is 0 Å². The number of rotatable bonds is 6. The summed E-state index contributed by atoms with van der Waals surface area (Å²) in [7, 11) is -2.28. The van der Waals surface area contributed by atoms with Gasteiger partial charge >= 0.3 is 0 Å². The van der Waals surface area contributed by atoms with Crippen molar-refractivity contribution in [3.05, 3.63) is 29.8 Å². The number of hydrogen-bond acceptors (Lipinski definition) is 4. The highest BCUT2D eigenvalue weighted by Gasteiger charge is 2.58. The van der Waals surface area contributed by atoms with E-state index in [1.165, 1.54) is 17.8 Å². The molecule has 5 nitrogen and oxygen atoms in total. The molecule has 0 amide bonds. The molecule has 29 heavy (non-hydrogen) atoms. The third kappa shape index (κ3) is 3.47. The average molecular weight is 420 g/mol. The monoisotopic (exact) mass is 419 g/mol. The van der Waals surface area contributed by atoms with Crippen molar-refractivity contribution in [2.75, 3.05) is 7.05 Å². The fourth-order valence-corrected chi connectivity index (χ4v) is 8.36. The molecule has 6 heteroatoms. The number of Topliss-reactive ketones (excluding diaryl/α,β-unsaturated/α-hetero) is 1. The summed E-state index contributed by atoms with van der Waals surface area (Å²) in [6, 6.07) is 6.88. The predicted molar refractivity (Wildman–Crippen MR) is 112 cm³/mol. The molecule has 4 saturated carbocycles. The molecule has 1 aromatic carbocycles. The molecule has 4 aliphatic rings. The van der Waals surface area contributed by atoms with Crippen LogP contribution < -0.4 is 0 Å². The largest absolute Gasteiger partial charge is 0.390 e. The Morgan fingerprint density at radius 1 is 1.17 bits per heavy atom. The lowest BCUT2D eigenvalue weighted by molar-refractivity contribution is -0.170. The average Bonchev–Trinajstić information content (AvgIpc) is 2.58. The number of sulfonamides is 1. The van der Waals surface area contributed by atoms with E-state index in [4.69, 9.17) is 0 Å². The van der Waals surface area contributed by atoms with Gasteiger partial charge < -0.3 is 5.11 Å². The van der Waals surface area contributed by atoms with Crippen LogP contribution in [0.25, 0.3) is 0 Å². The molecule has 0 aromatic heterocycles. The van der Waals surface area contributed by atoms with Crippen molar-refractivity contribution in [2.45, 2.75) is 81.8 Å². The molecule has 2 atom stereocenters. The van der Waals surface area contributed by atoms with Crippen LogP contribution in [0.3, 0.4) is 0 Å². The number of hydrogen-bond donors (Lipinski definition) is 1. The summed E-state index contributed by atoms with van der Waals surface area (Å²) >= 11 is 0. The zero-order chi connectivity index (χ0) is 21.2. The minimum Gasteiger partial charge on any atom is -0.390 e. The third-order valence-corrected chi connectivity index (χ3v) is 10.1. The molecule has 4 bridgehead atoms. The number of likely N-dealkylation sites (N-methyl/N-ethyl adjacent to an activating group) is 1. The first-order valence-electron chi connectivity index (χ1n) is 10.7. The summed E-state index contributed by atoms with van der Waals surface area (Å²) in [6.07, 6.45) is 5.91. The van der Waals surface area contributed by atoms with E-state index in [1.54, 1.807) is 39.0 Å². The quantitative estimate of drug-likeness (QED) is 0.763. The number of aliphatic hydroxyl groups is 1. The first-order valence-corrected chi connectivity index (χ1v) is 12.1. The van der Waals surface area contributed by atoms with Crippen molar-refractivity contribution in [2.24, 2.45) is 17.3 Å². The van der Waals surface area contributed by atoms with Gasteiger partial charge in [-0.3, -0.25) is 4.79 Å². The standard InChI is InChI=1S/C23H33NO4S/c1-16-7-5-6-8-19(16)29(27,28)24(4)21(2,3)20(25)14-22-10-17-9-18(11-22)13-23(26,12-17)15-22/h5-8,17-18,26H,9-15H2,1-4H3. The van der Waals surface area contributed by atoms with Crippen molar-refractivity contribution in [3.8, 4) is 0 Å². The van der Waals surface area contributed by atoms with E-state index in [0.717, 1.165) is 25.7 Å². The van der Waals surface area contributed by atoms with E-state index in [9.17, 15) is 18.3 Å². The van der Waals surface area contributed by atoms with Crippen LogP contribution >= 0.6 is 0 Å². The summed E-state index contributed by atoms with van der Waals surface area (Å²) < 4.78 is 27.7. The van der Waals surface area contributed by atoms with Gasteiger partial charge in [0.25, 0.3) is 0 Å². The molecule has 1 aromatic rings. The Labute approximate surface area is 174 Å². The van der Waals surface area contributed by atoms with Crippen LogP contribution in [0.1, 0.15) is 64.4 Å². The maximum Gasteiger partial charge on any atom is 0.243 e. The Morgan fingerprint density at radius 3 is 2.31 bits per heavy atom. The van der Waals surface area contributed by atoms with Gasteiger partial charge in [0.05, 0.1) is 16.0 Å². The molecular weight excluding hydrogens is 386 g/mol. The van der Waals surface area contributed by atoms with Crippen LogP contribution in [0, 0.1) is 24.2 Å². The Morgan fingerprint density at radius 2 is 1.76 bits per heavy atom. The Balaban J connectivity index is 1.57. The highest BCUT2D eigenvalue weighted by Crippen LogP contribution is 2.63. The molecule has 0 radical (unpaired) electrons. The number of aryl methyl sites for hydroxylation is 1. The van der Waals surface area contributed by atoms with Crippen LogP contribution in [0.2, 0.25) is 0 Å². The van der Waals surface area contributed by atoms with Gasteiger partial charge in [-0.15, -0.1) is 0 Å². The highest BCUT2D eigenvalue weighted by atomic mass is 32.2. The van der Waals surface area contributed by atoms with E-state index in [-0.39, 0.29) is 16.1 Å². The first-order chi connectivity index (χ1) is 13.4. The number of nitrogens with zero attached hydrogens (tertiary/aromatic N) is 1. The molecule has 2 unspecified atom stereocenters. The summed E-state index contributed by atoms with van der Waals surface area (Å²) in [5.41, 5.74) is -1.26. The lowest BCUT2D eigenvalue weighted by Gasteiger charge is -2.60. The van der Waals surface area contributed by atoms with Gasteiger partial charge in [0.1, 0.15) is 0 Å². The number of carbonyl (C=O) groups is 1. The predicted octanol–water partition coefficient (Wildman–Crippen LogP) is 3.68. The van der Waals surface area contributed by atoms with Crippen molar-refractivity contribution >= 4 is 15.8 Å². The topological polar surface area (TPSA) is 74.7 Å². The molecule has 0 spiro atoms. The summed E-state index contributed by atoms with van der Waals surface area (Å²) in [6.45, 7) is 5.19. The minimum atomic E-state index is -3.79. The van der Waals surface area contributed by atoms with Gasteiger partial charge in [0.2, 0.25) is 10.0 Å². The van der Waals surface area contributed by atoms with E-state index in [2.05, 4.69) is 0 Å². The Hall–Kier alpha value is -1.24. The maximum absolute atomic E-state index is 13.5. The van der Waals surface area contributed by atoms with E-state index >= 15 is 0 Å². The van der Waals surface area contributed by atoms with Crippen molar-refractivity contribution < 1.29 is 18.3 Å².